The molecular formula is C13H23N5O2. The molecule has 1 aliphatic heterocycles. The van der Waals surface area contributed by atoms with Crippen LogP contribution in [-0.2, 0) is 17.9 Å². The molecule has 0 aliphatic carbocycles. The molecule has 7 heteroatoms. The van der Waals surface area contributed by atoms with Gasteiger partial charge < -0.3 is 5.11 Å². The van der Waals surface area contributed by atoms with Crippen molar-refractivity contribution in [1.29, 1.82) is 0 Å². The molecule has 2 rings (SSSR count). The number of hydrogen-bond donors (Lipinski definition) is 1. The minimum absolute atomic E-state index is 0.237. The lowest BCUT2D eigenvalue weighted by Crippen LogP contribution is -2.40. The summed E-state index contributed by atoms with van der Waals surface area (Å²) in [4.78, 5) is 13.1. The van der Waals surface area contributed by atoms with Gasteiger partial charge in [0.2, 0.25) is 0 Å². The van der Waals surface area contributed by atoms with Gasteiger partial charge in [-0.1, -0.05) is 13.3 Å². The minimum Gasteiger partial charge on any atom is -0.481 e. The Morgan fingerprint density at radius 1 is 1.45 bits per heavy atom. The summed E-state index contributed by atoms with van der Waals surface area (Å²) in [6.07, 6.45) is 5.37. The van der Waals surface area contributed by atoms with Crippen LogP contribution in [0, 0.1) is 0 Å². The highest BCUT2D eigenvalue weighted by Crippen LogP contribution is 2.22. The number of hydrogen-bond acceptors (Lipinski definition) is 5. The predicted molar refractivity (Wildman–Crippen MR) is 73.0 cm³/mol. The van der Waals surface area contributed by atoms with Crippen LogP contribution in [0.1, 0.15) is 51.3 Å². The van der Waals surface area contributed by atoms with E-state index in [4.69, 9.17) is 5.11 Å². The summed E-state index contributed by atoms with van der Waals surface area (Å²) < 4.78 is 1.85. The fourth-order valence-electron chi connectivity index (χ4n) is 2.79. The Balaban J connectivity index is 1.97. The summed E-state index contributed by atoms with van der Waals surface area (Å²) in [5.41, 5.74) is 0. The van der Waals surface area contributed by atoms with E-state index in [2.05, 4.69) is 27.3 Å². The van der Waals surface area contributed by atoms with Crippen LogP contribution in [0.15, 0.2) is 0 Å². The molecule has 1 aliphatic rings. The maximum absolute atomic E-state index is 10.7. The van der Waals surface area contributed by atoms with Crippen molar-refractivity contribution in [3.63, 3.8) is 0 Å². The molecule has 0 spiro atoms. The fraction of sp³-hybridized carbons (Fsp3) is 0.846. The van der Waals surface area contributed by atoms with Gasteiger partial charge in [-0.05, 0) is 42.7 Å². The van der Waals surface area contributed by atoms with E-state index < -0.39 is 5.97 Å². The zero-order valence-corrected chi connectivity index (χ0v) is 12.0. The van der Waals surface area contributed by atoms with Crippen molar-refractivity contribution in [2.45, 2.75) is 64.6 Å². The molecular weight excluding hydrogens is 258 g/mol. The number of carbonyl (C=O) groups is 1. The van der Waals surface area contributed by atoms with E-state index in [-0.39, 0.29) is 6.42 Å². The number of piperidine rings is 1. The third-order valence-corrected chi connectivity index (χ3v) is 3.83. The third kappa shape index (κ3) is 4.00. The van der Waals surface area contributed by atoms with E-state index >= 15 is 0 Å². The number of likely N-dealkylation sites (tertiary alicyclic amines) is 1. The Morgan fingerprint density at radius 3 is 3.05 bits per heavy atom. The zero-order chi connectivity index (χ0) is 14.4. The SMILES string of the molecule is CCCn1nnnc1CN1CCCCC1CCC(=O)O. The molecule has 7 nitrogen and oxygen atoms in total. The van der Waals surface area contributed by atoms with Crippen LogP contribution in [0.2, 0.25) is 0 Å². The number of tetrazole rings is 1. The van der Waals surface area contributed by atoms with Gasteiger partial charge in [0, 0.05) is 19.0 Å². The average molecular weight is 281 g/mol. The molecule has 20 heavy (non-hydrogen) atoms. The summed E-state index contributed by atoms with van der Waals surface area (Å²) in [5.74, 6) is 0.167. The van der Waals surface area contributed by atoms with E-state index in [1.807, 2.05) is 4.68 Å². The van der Waals surface area contributed by atoms with Crippen LogP contribution in [0.3, 0.4) is 0 Å². The van der Waals surface area contributed by atoms with Gasteiger partial charge in [-0.3, -0.25) is 9.69 Å². The lowest BCUT2D eigenvalue weighted by atomic mass is 9.98. The molecule has 0 saturated carbocycles. The predicted octanol–water partition coefficient (Wildman–Crippen LogP) is 1.30. The Bertz CT molecular complexity index is 434. The average Bonchev–Trinajstić information content (AvgIpc) is 2.85. The van der Waals surface area contributed by atoms with Gasteiger partial charge in [0.25, 0.3) is 0 Å². The summed E-state index contributed by atoms with van der Waals surface area (Å²) in [7, 11) is 0. The second-order valence-corrected chi connectivity index (χ2v) is 5.37. The molecule has 1 unspecified atom stereocenters. The molecule has 2 heterocycles. The van der Waals surface area contributed by atoms with Gasteiger partial charge >= 0.3 is 5.97 Å². The van der Waals surface area contributed by atoms with Gasteiger partial charge in [-0.25, -0.2) is 4.68 Å². The van der Waals surface area contributed by atoms with Crippen LogP contribution in [0.4, 0.5) is 0 Å². The molecule has 1 aromatic rings. The van der Waals surface area contributed by atoms with Crippen molar-refractivity contribution in [3.05, 3.63) is 5.82 Å². The third-order valence-electron chi connectivity index (χ3n) is 3.83. The Labute approximate surface area is 119 Å². The van der Waals surface area contributed by atoms with E-state index in [9.17, 15) is 4.79 Å². The minimum atomic E-state index is -0.716. The second-order valence-electron chi connectivity index (χ2n) is 5.37. The molecule has 1 saturated heterocycles. The summed E-state index contributed by atoms with van der Waals surface area (Å²) >= 11 is 0. The number of nitrogens with zero attached hydrogens (tertiary/aromatic N) is 5. The first-order valence-electron chi connectivity index (χ1n) is 7.41. The van der Waals surface area contributed by atoms with Crippen molar-refractivity contribution in [2.24, 2.45) is 0 Å². The van der Waals surface area contributed by atoms with Crippen LogP contribution in [0.5, 0.6) is 0 Å². The highest BCUT2D eigenvalue weighted by molar-refractivity contribution is 5.66. The maximum atomic E-state index is 10.7. The molecule has 0 amide bonds. The molecule has 0 radical (unpaired) electrons. The first-order valence-corrected chi connectivity index (χ1v) is 7.41. The lowest BCUT2D eigenvalue weighted by Gasteiger charge is -2.35. The van der Waals surface area contributed by atoms with Crippen LogP contribution < -0.4 is 0 Å². The number of aromatic nitrogens is 4. The number of carboxylic acid groups (broad SMARTS) is 1. The smallest absolute Gasteiger partial charge is 0.303 e. The van der Waals surface area contributed by atoms with E-state index in [1.165, 1.54) is 12.8 Å². The van der Waals surface area contributed by atoms with Gasteiger partial charge in [0.15, 0.2) is 5.82 Å². The molecule has 0 aromatic carbocycles. The molecule has 1 aromatic heterocycles. The topological polar surface area (TPSA) is 84.1 Å². The van der Waals surface area contributed by atoms with Crippen LogP contribution in [-0.4, -0.2) is 48.8 Å². The number of carboxylic acids is 1. The quantitative estimate of drug-likeness (QED) is 0.811. The summed E-state index contributed by atoms with van der Waals surface area (Å²) in [5, 5.41) is 20.7. The Morgan fingerprint density at radius 2 is 2.30 bits per heavy atom. The largest absolute Gasteiger partial charge is 0.481 e. The van der Waals surface area contributed by atoms with E-state index in [0.29, 0.717) is 12.5 Å². The van der Waals surface area contributed by atoms with Crippen molar-refractivity contribution >= 4 is 5.97 Å². The lowest BCUT2D eigenvalue weighted by molar-refractivity contribution is -0.137. The van der Waals surface area contributed by atoms with Gasteiger partial charge in [0.05, 0.1) is 6.54 Å². The summed E-state index contributed by atoms with van der Waals surface area (Å²) in [6.45, 7) is 4.65. The number of rotatable bonds is 7. The molecule has 0 bridgehead atoms. The first-order chi connectivity index (χ1) is 9.70. The number of aliphatic carboxylic acids is 1. The fourth-order valence-corrected chi connectivity index (χ4v) is 2.79. The van der Waals surface area contributed by atoms with Crippen LogP contribution in [0.25, 0.3) is 0 Å². The number of aryl methyl sites for hydroxylation is 1. The monoisotopic (exact) mass is 281 g/mol. The highest BCUT2D eigenvalue weighted by atomic mass is 16.4. The summed E-state index contributed by atoms with van der Waals surface area (Å²) in [6, 6.07) is 0.339. The van der Waals surface area contributed by atoms with Gasteiger partial charge in [-0.2, -0.15) is 0 Å². The van der Waals surface area contributed by atoms with Crippen LogP contribution >= 0.6 is 0 Å². The van der Waals surface area contributed by atoms with Crippen molar-refractivity contribution in [2.75, 3.05) is 6.54 Å². The second kappa shape index (κ2) is 7.33. The van der Waals surface area contributed by atoms with E-state index in [1.54, 1.807) is 0 Å². The normalized spacial score (nSPS) is 20.1. The standard InChI is InChI=1S/C13H23N5O2/c1-2-8-18-12(14-15-16-18)10-17-9-4-3-5-11(17)6-7-13(19)20/h11H,2-10H2,1H3,(H,19,20). The first kappa shape index (κ1) is 14.9. The molecule has 1 atom stereocenters. The zero-order valence-electron chi connectivity index (χ0n) is 12.0. The van der Waals surface area contributed by atoms with Crippen molar-refractivity contribution < 1.29 is 9.90 Å². The van der Waals surface area contributed by atoms with Gasteiger partial charge in [0.1, 0.15) is 0 Å². The Kier molecular flexibility index (Phi) is 5.46. The van der Waals surface area contributed by atoms with Gasteiger partial charge in [-0.15, -0.1) is 5.10 Å². The Hall–Kier alpha value is -1.50. The van der Waals surface area contributed by atoms with E-state index in [0.717, 1.165) is 38.3 Å². The maximum Gasteiger partial charge on any atom is 0.303 e. The highest BCUT2D eigenvalue weighted by Gasteiger charge is 2.24. The van der Waals surface area contributed by atoms with Crippen molar-refractivity contribution in [1.82, 2.24) is 25.1 Å². The van der Waals surface area contributed by atoms with Crippen molar-refractivity contribution in [3.8, 4) is 0 Å². The molecule has 1 N–H and O–H groups in total. The molecule has 1 fully saturated rings. The molecule has 112 valence electrons.